The molecule has 2 N–H and O–H groups in total. The van der Waals surface area contributed by atoms with E-state index in [4.69, 9.17) is 22.1 Å². The Kier molecular flexibility index (Phi) is 4.86. The Morgan fingerprint density at radius 3 is 2.63 bits per heavy atom. The standard InChI is InChI=1S/C15H15BrClNO/c1-2-13(18)11-5-3-4-6-14(11)19-15-8-7-10(16)9-12(15)17/h3-9,13H,2,18H2,1H3/t13-/m1/s1. The van der Waals surface area contributed by atoms with Crippen molar-refractivity contribution in [2.75, 3.05) is 0 Å². The van der Waals surface area contributed by atoms with E-state index in [1.54, 1.807) is 6.07 Å². The lowest BCUT2D eigenvalue weighted by atomic mass is 10.0. The topological polar surface area (TPSA) is 35.2 Å². The molecule has 0 saturated carbocycles. The van der Waals surface area contributed by atoms with Crippen LogP contribution in [0.2, 0.25) is 5.02 Å². The Labute approximate surface area is 126 Å². The van der Waals surface area contributed by atoms with Crippen LogP contribution in [0.5, 0.6) is 11.5 Å². The highest BCUT2D eigenvalue weighted by Crippen LogP contribution is 2.34. The average Bonchev–Trinajstić information content (AvgIpc) is 2.41. The molecule has 100 valence electrons. The molecule has 0 amide bonds. The number of hydrogen-bond acceptors (Lipinski definition) is 2. The summed E-state index contributed by atoms with van der Waals surface area (Å²) in [7, 11) is 0. The zero-order valence-corrected chi connectivity index (χ0v) is 12.9. The number of ether oxygens (including phenoxy) is 1. The van der Waals surface area contributed by atoms with Gasteiger partial charge in [0, 0.05) is 16.1 Å². The molecule has 0 bridgehead atoms. The van der Waals surface area contributed by atoms with Crippen molar-refractivity contribution < 1.29 is 4.74 Å². The predicted molar refractivity (Wildman–Crippen MR) is 82.9 cm³/mol. The minimum Gasteiger partial charge on any atom is -0.455 e. The first-order chi connectivity index (χ1) is 9.11. The Morgan fingerprint density at radius 1 is 1.21 bits per heavy atom. The molecule has 19 heavy (non-hydrogen) atoms. The van der Waals surface area contributed by atoms with Gasteiger partial charge in [-0.3, -0.25) is 0 Å². The molecule has 0 saturated heterocycles. The lowest BCUT2D eigenvalue weighted by Gasteiger charge is -2.16. The van der Waals surface area contributed by atoms with Gasteiger partial charge in [0.15, 0.2) is 0 Å². The Morgan fingerprint density at radius 2 is 1.95 bits per heavy atom. The highest BCUT2D eigenvalue weighted by atomic mass is 79.9. The maximum atomic E-state index is 6.16. The Hall–Kier alpha value is -1.03. The van der Waals surface area contributed by atoms with E-state index in [0.717, 1.165) is 22.2 Å². The molecule has 0 aromatic heterocycles. The van der Waals surface area contributed by atoms with Gasteiger partial charge in [-0.05, 0) is 30.7 Å². The van der Waals surface area contributed by atoms with E-state index in [-0.39, 0.29) is 6.04 Å². The predicted octanol–water partition coefficient (Wildman–Crippen LogP) is 5.30. The third-order valence-electron chi connectivity index (χ3n) is 2.87. The summed E-state index contributed by atoms with van der Waals surface area (Å²) in [6.07, 6.45) is 0.856. The highest BCUT2D eigenvalue weighted by Gasteiger charge is 2.12. The molecule has 1 atom stereocenters. The fourth-order valence-electron chi connectivity index (χ4n) is 1.78. The van der Waals surface area contributed by atoms with Crippen molar-refractivity contribution in [3.05, 3.63) is 57.5 Å². The van der Waals surface area contributed by atoms with Gasteiger partial charge < -0.3 is 10.5 Å². The molecule has 2 rings (SSSR count). The van der Waals surface area contributed by atoms with Crippen molar-refractivity contribution >= 4 is 27.5 Å². The molecule has 0 aliphatic heterocycles. The summed E-state index contributed by atoms with van der Waals surface area (Å²) >= 11 is 9.53. The smallest absolute Gasteiger partial charge is 0.146 e. The number of nitrogens with two attached hydrogens (primary N) is 1. The average molecular weight is 341 g/mol. The van der Waals surface area contributed by atoms with Crippen LogP contribution in [-0.4, -0.2) is 0 Å². The second-order valence-electron chi connectivity index (χ2n) is 4.23. The molecule has 2 aromatic carbocycles. The van der Waals surface area contributed by atoms with E-state index in [2.05, 4.69) is 15.9 Å². The van der Waals surface area contributed by atoms with Crippen LogP contribution < -0.4 is 10.5 Å². The molecule has 0 heterocycles. The summed E-state index contributed by atoms with van der Waals surface area (Å²) in [4.78, 5) is 0. The second kappa shape index (κ2) is 6.42. The second-order valence-corrected chi connectivity index (χ2v) is 5.55. The largest absolute Gasteiger partial charge is 0.455 e. The van der Waals surface area contributed by atoms with Crippen molar-refractivity contribution in [2.24, 2.45) is 5.73 Å². The zero-order chi connectivity index (χ0) is 13.8. The van der Waals surface area contributed by atoms with Crippen LogP contribution in [0.1, 0.15) is 24.9 Å². The fraction of sp³-hybridized carbons (Fsp3) is 0.200. The molecule has 0 aliphatic carbocycles. The van der Waals surface area contributed by atoms with E-state index < -0.39 is 0 Å². The lowest BCUT2D eigenvalue weighted by Crippen LogP contribution is -2.09. The van der Waals surface area contributed by atoms with Gasteiger partial charge in [-0.1, -0.05) is 52.7 Å². The van der Waals surface area contributed by atoms with Gasteiger partial charge in [-0.15, -0.1) is 0 Å². The van der Waals surface area contributed by atoms with E-state index in [9.17, 15) is 0 Å². The van der Waals surface area contributed by atoms with Gasteiger partial charge in [-0.25, -0.2) is 0 Å². The van der Waals surface area contributed by atoms with Crippen LogP contribution in [0.4, 0.5) is 0 Å². The zero-order valence-electron chi connectivity index (χ0n) is 10.6. The first-order valence-electron chi connectivity index (χ1n) is 6.09. The quantitative estimate of drug-likeness (QED) is 0.819. The summed E-state index contributed by atoms with van der Waals surface area (Å²) in [6.45, 7) is 2.05. The van der Waals surface area contributed by atoms with E-state index in [1.807, 2.05) is 43.3 Å². The molecule has 0 radical (unpaired) electrons. The maximum absolute atomic E-state index is 6.16. The van der Waals surface area contributed by atoms with Crippen LogP contribution in [0.3, 0.4) is 0 Å². The van der Waals surface area contributed by atoms with Gasteiger partial charge in [0.1, 0.15) is 11.5 Å². The van der Waals surface area contributed by atoms with Crippen molar-refractivity contribution in [1.82, 2.24) is 0 Å². The lowest BCUT2D eigenvalue weighted by molar-refractivity contribution is 0.469. The van der Waals surface area contributed by atoms with Gasteiger partial charge in [0.05, 0.1) is 5.02 Å². The van der Waals surface area contributed by atoms with Crippen LogP contribution in [0.15, 0.2) is 46.9 Å². The molecule has 2 nitrogen and oxygen atoms in total. The number of para-hydroxylation sites is 1. The van der Waals surface area contributed by atoms with Crippen molar-refractivity contribution in [1.29, 1.82) is 0 Å². The van der Waals surface area contributed by atoms with Gasteiger partial charge >= 0.3 is 0 Å². The molecule has 0 aliphatic rings. The van der Waals surface area contributed by atoms with Gasteiger partial charge in [-0.2, -0.15) is 0 Å². The maximum Gasteiger partial charge on any atom is 0.146 e. The SMILES string of the molecule is CC[C@@H](N)c1ccccc1Oc1ccc(Br)cc1Cl. The molecule has 0 fully saturated rings. The van der Waals surface area contributed by atoms with Gasteiger partial charge in [0.2, 0.25) is 0 Å². The molecule has 0 unspecified atom stereocenters. The highest BCUT2D eigenvalue weighted by molar-refractivity contribution is 9.10. The molecule has 0 spiro atoms. The van der Waals surface area contributed by atoms with Crippen molar-refractivity contribution in [3.63, 3.8) is 0 Å². The summed E-state index contributed by atoms with van der Waals surface area (Å²) in [6, 6.07) is 13.3. The third kappa shape index (κ3) is 3.50. The van der Waals surface area contributed by atoms with Crippen LogP contribution in [0.25, 0.3) is 0 Å². The number of hydrogen-bond donors (Lipinski definition) is 1. The summed E-state index contributed by atoms with van der Waals surface area (Å²) in [5, 5.41) is 0.564. The molecule has 2 aromatic rings. The minimum absolute atomic E-state index is 0.0366. The van der Waals surface area contributed by atoms with Gasteiger partial charge in [0.25, 0.3) is 0 Å². The molecular weight excluding hydrogens is 326 g/mol. The van der Waals surface area contributed by atoms with Crippen molar-refractivity contribution in [3.8, 4) is 11.5 Å². The molecule has 4 heteroatoms. The summed E-state index contributed by atoms with van der Waals surface area (Å²) in [5.41, 5.74) is 7.08. The summed E-state index contributed by atoms with van der Waals surface area (Å²) < 4.78 is 6.81. The Balaban J connectivity index is 2.33. The third-order valence-corrected chi connectivity index (χ3v) is 3.66. The van der Waals surface area contributed by atoms with E-state index >= 15 is 0 Å². The van der Waals surface area contributed by atoms with Crippen LogP contribution >= 0.6 is 27.5 Å². The first-order valence-corrected chi connectivity index (χ1v) is 7.26. The number of rotatable bonds is 4. The van der Waals surface area contributed by atoms with Crippen LogP contribution in [0, 0.1) is 0 Å². The van der Waals surface area contributed by atoms with E-state index in [1.165, 1.54) is 0 Å². The number of halogens is 2. The normalized spacial score (nSPS) is 12.2. The van der Waals surface area contributed by atoms with Crippen LogP contribution in [-0.2, 0) is 0 Å². The first kappa shape index (κ1) is 14.4. The summed E-state index contributed by atoms with van der Waals surface area (Å²) in [5.74, 6) is 1.38. The Bertz CT molecular complexity index is 574. The molecular formula is C15H15BrClNO. The number of benzene rings is 2. The fourth-order valence-corrected chi connectivity index (χ4v) is 2.49. The minimum atomic E-state index is -0.0366. The van der Waals surface area contributed by atoms with Crippen molar-refractivity contribution in [2.45, 2.75) is 19.4 Å². The van der Waals surface area contributed by atoms with E-state index in [0.29, 0.717) is 10.8 Å². The monoisotopic (exact) mass is 339 g/mol.